The third kappa shape index (κ3) is 14.8. The molecule has 0 saturated carbocycles. The number of amides is 3. The monoisotopic (exact) mass is 447 g/mol. The number of alkyl carbamates (subject to hydrolysis) is 2. The van der Waals surface area contributed by atoms with E-state index in [0.717, 1.165) is 4.90 Å². The van der Waals surface area contributed by atoms with Crippen molar-refractivity contribution in [2.24, 2.45) is 0 Å². The van der Waals surface area contributed by atoms with Gasteiger partial charge < -0.3 is 34.9 Å². The van der Waals surface area contributed by atoms with Crippen LogP contribution in [0.15, 0.2) is 0 Å². The van der Waals surface area contributed by atoms with Crippen molar-refractivity contribution in [1.82, 2.24) is 15.5 Å². The van der Waals surface area contributed by atoms with Crippen LogP contribution in [0, 0.1) is 0 Å². The minimum Gasteiger partial charge on any atom is -0.480 e. The molecule has 11 heteroatoms. The standard InChI is InChI=1S/C20H37N3O8/c1-18(2,3)29-15(26)21-10-11-23(17(28)31-20(7,8)9)12-13(14(24)25)22-16(27)30-19(4,5)6/h13H,10-12H2,1-9H3,(H,21,26)(H,22,27)(H,24,25)/t13-/m1/s1. The Morgan fingerprint density at radius 3 is 1.68 bits per heavy atom. The van der Waals surface area contributed by atoms with E-state index in [-0.39, 0.29) is 13.1 Å². The summed E-state index contributed by atoms with van der Waals surface area (Å²) in [4.78, 5) is 49.1. The Balaban J connectivity index is 5.24. The average Bonchev–Trinajstić information content (AvgIpc) is 2.47. The molecule has 3 N–H and O–H groups in total. The molecule has 0 spiro atoms. The summed E-state index contributed by atoms with van der Waals surface area (Å²) in [6.07, 6.45) is -2.41. The summed E-state index contributed by atoms with van der Waals surface area (Å²) in [6, 6.07) is -1.45. The zero-order valence-corrected chi connectivity index (χ0v) is 20.0. The number of carboxylic acids is 1. The fraction of sp³-hybridized carbons (Fsp3) is 0.800. The zero-order chi connectivity index (χ0) is 24.6. The van der Waals surface area contributed by atoms with E-state index in [4.69, 9.17) is 14.2 Å². The molecule has 0 saturated heterocycles. The van der Waals surface area contributed by atoms with Gasteiger partial charge in [-0.1, -0.05) is 0 Å². The van der Waals surface area contributed by atoms with Crippen molar-refractivity contribution >= 4 is 24.2 Å². The van der Waals surface area contributed by atoms with Crippen molar-refractivity contribution < 1.29 is 38.5 Å². The molecule has 0 rings (SSSR count). The highest BCUT2D eigenvalue weighted by Gasteiger charge is 2.30. The molecule has 0 aliphatic heterocycles. The Labute approximate surface area is 183 Å². The van der Waals surface area contributed by atoms with Crippen LogP contribution in [0.25, 0.3) is 0 Å². The maximum Gasteiger partial charge on any atom is 0.410 e. The van der Waals surface area contributed by atoms with Crippen LogP contribution in [0.5, 0.6) is 0 Å². The molecule has 0 aromatic rings. The molecule has 0 aliphatic rings. The minimum atomic E-state index is -1.45. The predicted molar refractivity (Wildman–Crippen MR) is 113 cm³/mol. The van der Waals surface area contributed by atoms with Gasteiger partial charge >= 0.3 is 24.2 Å². The number of nitrogens with zero attached hydrogens (tertiary/aromatic N) is 1. The van der Waals surface area contributed by atoms with Crippen LogP contribution in [0.2, 0.25) is 0 Å². The van der Waals surface area contributed by atoms with Gasteiger partial charge in [-0.05, 0) is 62.3 Å². The number of carbonyl (C=O) groups excluding carboxylic acids is 3. The fourth-order valence-corrected chi connectivity index (χ4v) is 2.05. The molecule has 0 unspecified atom stereocenters. The van der Waals surface area contributed by atoms with E-state index in [0.29, 0.717) is 0 Å². The first-order valence-electron chi connectivity index (χ1n) is 9.96. The highest BCUT2D eigenvalue weighted by atomic mass is 16.6. The Bertz CT molecular complexity index is 644. The molecule has 0 aromatic carbocycles. The second-order valence-corrected chi connectivity index (χ2v) is 9.89. The Morgan fingerprint density at radius 2 is 1.26 bits per heavy atom. The molecule has 180 valence electrons. The molecule has 11 nitrogen and oxygen atoms in total. The smallest absolute Gasteiger partial charge is 0.410 e. The van der Waals surface area contributed by atoms with Crippen LogP contribution in [0.4, 0.5) is 14.4 Å². The second kappa shape index (κ2) is 11.1. The summed E-state index contributed by atoms with van der Waals surface area (Å²) in [6.45, 7) is 14.5. The maximum atomic E-state index is 12.6. The van der Waals surface area contributed by atoms with Gasteiger partial charge in [-0.3, -0.25) is 0 Å². The van der Waals surface area contributed by atoms with Gasteiger partial charge in [0, 0.05) is 13.1 Å². The van der Waals surface area contributed by atoms with Crippen LogP contribution in [0.1, 0.15) is 62.3 Å². The van der Waals surface area contributed by atoms with Gasteiger partial charge in [0.05, 0.1) is 6.54 Å². The lowest BCUT2D eigenvalue weighted by atomic mass is 10.2. The first-order chi connectivity index (χ1) is 13.8. The molecule has 3 amide bonds. The first kappa shape index (κ1) is 28.3. The normalized spacial score (nSPS) is 12.9. The van der Waals surface area contributed by atoms with Crippen molar-refractivity contribution in [3.8, 4) is 0 Å². The number of rotatable bonds is 7. The Kier molecular flexibility index (Phi) is 10.1. The summed E-state index contributed by atoms with van der Waals surface area (Å²) in [5.74, 6) is -1.36. The maximum absolute atomic E-state index is 12.6. The van der Waals surface area contributed by atoms with Gasteiger partial charge in [0.25, 0.3) is 0 Å². The van der Waals surface area contributed by atoms with Gasteiger partial charge in [-0.15, -0.1) is 0 Å². The summed E-state index contributed by atoms with van der Waals surface area (Å²) in [5, 5.41) is 14.2. The number of ether oxygens (including phenoxy) is 3. The van der Waals surface area contributed by atoms with Crippen molar-refractivity contribution in [2.45, 2.75) is 85.2 Å². The van der Waals surface area contributed by atoms with Gasteiger partial charge in [-0.25, -0.2) is 19.2 Å². The van der Waals surface area contributed by atoms with Gasteiger partial charge in [0.15, 0.2) is 0 Å². The zero-order valence-electron chi connectivity index (χ0n) is 20.0. The Morgan fingerprint density at radius 1 is 0.806 bits per heavy atom. The molecule has 0 aromatic heterocycles. The summed E-state index contributed by atoms with van der Waals surface area (Å²) < 4.78 is 15.5. The number of carboxylic acid groups (broad SMARTS) is 1. The second-order valence-electron chi connectivity index (χ2n) is 9.89. The van der Waals surface area contributed by atoms with E-state index >= 15 is 0 Å². The van der Waals surface area contributed by atoms with Gasteiger partial charge in [-0.2, -0.15) is 0 Å². The van der Waals surface area contributed by atoms with Crippen LogP contribution in [0.3, 0.4) is 0 Å². The van der Waals surface area contributed by atoms with Crippen LogP contribution in [-0.2, 0) is 19.0 Å². The number of hydrogen-bond donors (Lipinski definition) is 3. The van der Waals surface area contributed by atoms with E-state index in [1.807, 2.05) is 0 Å². The quantitative estimate of drug-likeness (QED) is 0.505. The number of nitrogens with one attached hydrogen (secondary N) is 2. The van der Waals surface area contributed by atoms with E-state index in [9.17, 15) is 24.3 Å². The molecule has 0 radical (unpaired) electrons. The number of aliphatic carboxylic acids is 1. The van der Waals surface area contributed by atoms with E-state index in [2.05, 4.69) is 10.6 Å². The number of hydrogen-bond acceptors (Lipinski definition) is 7. The van der Waals surface area contributed by atoms with Gasteiger partial charge in [0.2, 0.25) is 0 Å². The van der Waals surface area contributed by atoms with Gasteiger partial charge in [0.1, 0.15) is 22.8 Å². The summed E-state index contributed by atoms with van der Waals surface area (Å²) >= 11 is 0. The molecule has 31 heavy (non-hydrogen) atoms. The predicted octanol–water partition coefficient (Wildman–Crippen LogP) is 2.73. The average molecular weight is 448 g/mol. The molecule has 0 aliphatic carbocycles. The summed E-state index contributed by atoms with van der Waals surface area (Å²) in [7, 11) is 0. The molecular formula is C20H37N3O8. The molecule has 0 bridgehead atoms. The lowest BCUT2D eigenvalue weighted by molar-refractivity contribution is -0.139. The minimum absolute atomic E-state index is 0.0209. The molecular weight excluding hydrogens is 410 g/mol. The third-order valence-electron chi connectivity index (χ3n) is 3.09. The van der Waals surface area contributed by atoms with Crippen molar-refractivity contribution in [3.63, 3.8) is 0 Å². The fourth-order valence-electron chi connectivity index (χ4n) is 2.05. The van der Waals surface area contributed by atoms with E-state index in [1.165, 1.54) is 0 Å². The van der Waals surface area contributed by atoms with Crippen LogP contribution < -0.4 is 10.6 Å². The number of carbonyl (C=O) groups is 4. The molecule has 1 atom stereocenters. The van der Waals surface area contributed by atoms with E-state index < -0.39 is 53.6 Å². The SMILES string of the molecule is CC(C)(C)OC(=O)NCCN(C[C@@H](NC(=O)OC(C)(C)C)C(=O)O)C(=O)OC(C)(C)C. The lowest BCUT2D eigenvalue weighted by Gasteiger charge is -2.30. The van der Waals surface area contributed by atoms with Crippen molar-refractivity contribution in [1.29, 1.82) is 0 Å². The van der Waals surface area contributed by atoms with Crippen LogP contribution in [-0.4, -0.2) is 76.7 Å². The first-order valence-corrected chi connectivity index (χ1v) is 9.96. The topological polar surface area (TPSA) is 144 Å². The Hall–Kier alpha value is -2.72. The van der Waals surface area contributed by atoms with Crippen LogP contribution >= 0.6 is 0 Å². The molecule has 0 heterocycles. The summed E-state index contributed by atoms with van der Waals surface area (Å²) in [5.41, 5.74) is -2.35. The largest absolute Gasteiger partial charge is 0.480 e. The highest BCUT2D eigenvalue weighted by Crippen LogP contribution is 2.11. The van der Waals surface area contributed by atoms with Crippen molar-refractivity contribution in [2.75, 3.05) is 19.6 Å². The third-order valence-corrected chi connectivity index (χ3v) is 3.09. The molecule has 0 fully saturated rings. The highest BCUT2D eigenvalue weighted by molar-refractivity contribution is 5.81. The lowest BCUT2D eigenvalue weighted by Crippen LogP contribution is -2.53. The van der Waals surface area contributed by atoms with E-state index in [1.54, 1.807) is 62.3 Å². The van der Waals surface area contributed by atoms with Crippen molar-refractivity contribution in [3.05, 3.63) is 0 Å².